The Morgan fingerprint density at radius 1 is 1.03 bits per heavy atom. The maximum Gasteiger partial charge on any atom is 0.265 e. The third-order valence-electron chi connectivity index (χ3n) is 4.86. The minimum absolute atomic E-state index is 0.176. The molecular formula is C24H24ClFN2O5S2. The van der Waals surface area contributed by atoms with Crippen LogP contribution in [0.25, 0.3) is 0 Å². The maximum atomic E-state index is 14.6. The standard InChI is InChI=1S/C24H24ClFN2O5S2/c1-32-22-12-11-19(15-23(22)33-2)35(30,31)28(21-6-4-3-5-20(21)26)16-24(29)27-13-14-34-18-9-7-17(25)8-10-18/h3-12,15H,13-14,16H2,1-2H3,(H,27,29). The van der Waals surface area contributed by atoms with Crippen LogP contribution in [0.2, 0.25) is 5.02 Å². The quantitative estimate of drug-likeness (QED) is 0.284. The average Bonchev–Trinajstić information content (AvgIpc) is 2.86. The van der Waals surface area contributed by atoms with E-state index in [1.54, 1.807) is 12.1 Å². The van der Waals surface area contributed by atoms with Crippen molar-refractivity contribution in [2.75, 3.05) is 37.4 Å². The second-order valence-corrected chi connectivity index (χ2v) is 10.6. The Balaban J connectivity index is 1.78. The largest absolute Gasteiger partial charge is 0.493 e. The zero-order chi connectivity index (χ0) is 25.4. The molecule has 0 aliphatic rings. The molecule has 186 valence electrons. The van der Waals surface area contributed by atoms with Gasteiger partial charge in [0.25, 0.3) is 10.0 Å². The van der Waals surface area contributed by atoms with Crippen LogP contribution >= 0.6 is 23.4 Å². The maximum absolute atomic E-state index is 14.6. The van der Waals surface area contributed by atoms with Crippen molar-refractivity contribution in [2.45, 2.75) is 9.79 Å². The highest BCUT2D eigenvalue weighted by Gasteiger charge is 2.30. The Hall–Kier alpha value is -2.95. The van der Waals surface area contributed by atoms with Gasteiger partial charge in [-0.2, -0.15) is 0 Å². The molecule has 0 spiro atoms. The van der Waals surface area contributed by atoms with Crippen LogP contribution < -0.4 is 19.1 Å². The number of amides is 1. The lowest BCUT2D eigenvalue weighted by Gasteiger charge is -2.25. The van der Waals surface area contributed by atoms with Gasteiger partial charge in [0, 0.05) is 28.3 Å². The summed E-state index contributed by atoms with van der Waals surface area (Å²) < 4.78 is 52.7. The molecule has 35 heavy (non-hydrogen) atoms. The number of sulfonamides is 1. The van der Waals surface area contributed by atoms with Crippen molar-refractivity contribution in [1.82, 2.24) is 5.32 Å². The van der Waals surface area contributed by atoms with Crippen LogP contribution in [-0.2, 0) is 14.8 Å². The van der Waals surface area contributed by atoms with Gasteiger partial charge < -0.3 is 14.8 Å². The van der Waals surface area contributed by atoms with Crippen LogP contribution in [0.1, 0.15) is 0 Å². The smallest absolute Gasteiger partial charge is 0.265 e. The van der Waals surface area contributed by atoms with Crippen LogP contribution in [0.3, 0.4) is 0 Å². The van der Waals surface area contributed by atoms with Gasteiger partial charge in [-0.1, -0.05) is 23.7 Å². The number of para-hydroxylation sites is 1. The highest BCUT2D eigenvalue weighted by atomic mass is 35.5. The van der Waals surface area contributed by atoms with E-state index in [-0.39, 0.29) is 22.9 Å². The highest BCUT2D eigenvalue weighted by molar-refractivity contribution is 7.99. The summed E-state index contributed by atoms with van der Waals surface area (Å²) in [6.07, 6.45) is 0. The first-order valence-electron chi connectivity index (χ1n) is 10.4. The van der Waals surface area contributed by atoms with Crippen LogP contribution in [0.5, 0.6) is 11.5 Å². The average molecular weight is 539 g/mol. The van der Waals surface area contributed by atoms with E-state index in [1.807, 2.05) is 12.1 Å². The van der Waals surface area contributed by atoms with Gasteiger partial charge in [-0.25, -0.2) is 12.8 Å². The fraction of sp³-hybridized carbons (Fsp3) is 0.208. The van der Waals surface area contributed by atoms with Gasteiger partial charge in [-0.05, 0) is 48.5 Å². The number of rotatable bonds is 11. The number of hydrogen-bond donors (Lipinski definition) is 1. The van der Waals surface area contributed by atoms with Crippen molar-refractivity contribution in [2.24, 2.45) is 0 Å². The van der Waals surface area contributed by atoms with Crippen LogP contribution in [-0.4, -0.2) is 47.4 Å². The first kappa shape index (κ1) is 26.7. The van der Waals surface area contributed by atoms with Gasteiger partial charge >= 0.3 is 0 Å². The fourth-order valence-corrected chi connectivity index (χ4v) is 5.47. The van der Waals surface area contributed by atoms with Gasteiger partial charge in [0.15, 0.2) is 11.5 Å². The Morgan fingerprint density at radius 3 is 2.37 bits per heavy atom. The number of nitrogens with one attached hydrogen (secondary N) is 1. The SMILES string of the molecule is COc1ccc(S(=O)(=O)N(CC(=O)NCCSc2ccc(Cl)cc2)c2ccccc2F)cc1OC. The number of halogens is 2. The summed E-state index contributed by atoms with van der Waals surface area (Å²) in [7, 11) is -1.53. The number of ether oxygens (including phenoxy) is 2. The molecule has 1 N–H and O–H groups in total. The number of thioether (sulfide) groups is 1. The van der Waals surface area contributed by atoms with Gasteiger partial charge in [0.2, 0.25) is 5.91 Å². The second-order valence-electron chi connectivity index (χ2n) is 7.13. The molecule has 0 radical (unpaired) electrons. The number of hydrogen-bond acceptors (Lipinski definition) is 6. The van der Waals surface area contributed by atoms with Crippen molar-refractivity contribution < 1.29 is 27.1 Å². The van der Waals surface area contributed by atoms with E-state index in [4.69, 9.17) is 21.1 Å². The molecule has 0 saturated heterocycles. The van der Waals surface area contributed by atoms with Gasteiger partial charge in [-0.15, -0.1) is 11.8 Å². The van der Waals surface area contributed by atoms with E-state index in [1.165, 1.54) is 62.4 Å². The third kappa shape index (κ3) is 6.81. The van der Waals surface area contributed by atoms with Crippen LogP contribution in [0.4, 0.5) is 10.1 Å². The first-order chi connectivity index (χ1) is 16.8. The minimum atomic E-state index is -4.33. The number of anilines is 1. The molecule has 3 aromatic rings. The third-order valence-corrected chi connectivity index (χ3v) is 7.88. The lowest BCUT2D eigenvalue weighted by molar-refractivity contribution is -0.119. The molecule has 11 heteroatoms. The van der Waals surface area contributed by atoms with Crippen molar-refractivity contribution in [1.29, 1.82) is 0 Å². The van der Waals surface area contributed by atoms with E-state index < -0.39 is 28.3 Å². The Bertz CT molecular complexity index is 1270. The molecule has 0 unspecified atom stereocenters. The normalized spacial score (nSPS) is 11.1. The molecule has 0 atom stereocenters. The second kappa shape index (κ2) is 12.1. The topological polar surface area (TPSA) is 84.9 Å². The van der Waals surface area contributed by atoms with E-state index in [0.29, 0.717) is 16.5 Å². The summed E-state index contributed by atoms with van der Waals surface area (Å²) in [5, 5.41) is 3.32. The first-order valence-corrected chi connectivity index (χ1v) is 13.2. The van der Waals surface area contributed by atoms with Gasteiger partial charge in [0.1, 0.15) is 12.4 Å². The van der Waals surface area contributed by atoms with E-state index in [0.717, 1.165) is 15.3 Å². The summed E-state index contributed by atoms with van der Waals surface area (Å²) in [5.41, 5.74) is -0.243. The predicted molar refractivity (Wildman–Crippen MR) is 136 cm³/mol. The Labute approximate surface area is 213 Å². The molecule has 0 aromatic heterocycles. The summed E-state index contributed by atoms with van der Waals surface area (Å²) >= 11 is 7.39. The molecule has 3 rings (SSSR count). The fourth-order valence-electron chi connectivity index (χ4n) is 3.13. The van der Waals surface area contributed by atoms with Crippen LogP contribution in [0, 0.1) is 5.82 Å². The molecule has 3 aromatic carbocycles. The van der Waals surface area contributed by atoms with Crippen molar-refractivity contribution in [3.8, 4) is 11.5 Å². The van der Waals surface area contributed by atoms with Crippen molar-refractivity contribution in [3.63, 3.8) is 0 Å². The molecule has 0 saturated carbocycles. The summed E-state index contributed by atoms with van der Waals surface area (Å²) in [4.78, 5) is 13.5. The van der Waals surface area contributed by atoms with Gasteiger partial charge in [-0.3, -0.25) is 9.10 Å². The summed E-state index contributed by atoms with van der Waals surface area (Å²) in [6.45, 7) is -0.323. The zero-order valence-electron chi connectivity index (χ0n) is 19.0. The molecule has 0 aliphatic carbocycles. The van der Waals surface area contributed by atoms with Crippen LogP contribution in [0.15, 0.2) is 76.5 Å². The number of nitrogens with zero attached hydrogens (tertiary/aromatic N) is 1. The minimum Gasteiger partial charge on any atom is -0.493 e. The molecule has 0 bridgehead atoms. The number of methoxy groups -OCH3 is 2. The van der Waals surface area contributed by atoms with Gasteiger partial charge in [0.05, 0.1) is 24.8 Å². The van der Waals surface area contributed by atoms with E-state index >= 15 is 0 Å². The van der Waals surface area contributed by atoms with Crippen molar-refractivity contribution in [3.05, 3.63) is 77.6 Å². The number of benzene rings is 3. The van der Waals surface area contributed by atoms with E-state index in [9.17, 15) is 17.6 Å². The predicted octanol–water partition coefficient (Wildman–Crippen LogP) is 4.60. The Kier molecular flexibility index (Phi) is 9.25. The molecular weight excluding hydrogens is 515 g/mol. The summed E-state index contributed by atoms with van der Waals surface area (Å²) in [5.74, 6) is -0.280. The lowest BCUT2D eigenvalue weighted by Crippen LogP contribution is -2.41. The molecule has 0 heterocycles. The number of carbonyl (C=O) groups excluding carboxylic acids is 1. The molecule has 0 aliphatic heterocycles. The Morgan fingerprint density at radius 2 is 1.71 bits per heavy atom. The molecule has 0 fully saturated rings. The van der Waals surface area contributed by atoms with Crippen molar-refractivity contribution >= 4 is 45.0 Å². The highest BCUT2D eigenvalue weighted by Crippen LogP contribution is 2.32. The lowest BCUT2D eigenvalue weighted by atomic mass is 10.3. The van der Waals surface area contributed by atoms with E-state index in [2.05, 4.69) is 5.32 Å². The summed E-state index contributed by atoms with van der Waals surface area (Å²) in [6, 6.07) is 16.7. The monoisotopic (exact) mass is 538 g/mol. The molecule has 1 amide bonds. The zero-order valence-corrected chi connectivity index (χ0v) is 21.4. The molecule has 7 nitrogen and oxygen atoms in total. The number of carbonyl (C=O) groups is 1.